The number of nitrogens with zero attached hydrogens (tertiary/aromatic N) is 1. The number of halogens is 3. The highest BCUT2D eigenvalue weighted by Crippen LogP contribution is 2.42. The third-order valence-electron chi connectivity index (χ3n) is 5.22. The minimum absolute atomic E-state index is 0.123. The maximum absolute atomic E-state index is 13.2. The molecule has 2 rings (SSSR count). The Morgan fingerprint density at radius 3 is 2.24 bits per heavy atom. The predicted octanol–water partition coefficient (Wildman–Crippen LogP) is 3.80. The van der Waals surface area contributed by atoms with Crippen LogP contribution in [0.15, 0.2) is 0 Å². The molecule has 1 saturated heterocycles. The van der Waals surface area contributed by atoms with E-state index < -0.39 is 36.1 Å². The van der Waals surface area contributed by atoms with Crippen molar-refractivity contribution in [3.63, 3.8) is 0 Å². The van der Waals surface area contributed by atoms with Crippen molar-refractivity contribution in [3.05, 3.63) is 0 Å². The van der Waals surface area contributed by atoms with Crippen LogP contribution in [0.4, 0.5) is 13.2 Å². The summed E-state index contributed by atoms with van der Waals surface area (Å²) in [5, 5.41) is 9.48. The number of aliphatic carboxylic acids is 1. The van der Waals surface area contributed by atoms with Gasteiger partial charge >= 0.3 is 18.1 Å². The van der Waals surface area contributed by atoms with Gasteiger partial charge in [0.2, 0.25) is 0 Å². The summed E-state index contributed by atoms with van der Waals surface area (Å²) in [5.41, 5.74) is 0. The highest BCUT2D eigenvalue weighted by Gasteiger charge is 2.50. The third kappa shape index (κ3) is 5.05. The summed E-state index contributed by atoms with van der Waals surface area (Å²) in [6.45, 7) is 3.95. The standard InChI is InChI=1S/C17H26F3NO3S/c1-10(2)7-11-8-13(9-14(11)15(22)23)21(16(24)17(18,19)20)12-3-5-25-6-4-12/h10-14H,3-9H2,1-2H3,(H,22,23)/t11?,13?,14-/m1/s1. The fourth-order valence-corrected chi connectivity index (χ4v) is 5.31. The zero-order valence-electron chi connectivity index (χ0n) is 14.6. The van der Waals surface area contributed by atoms with Crippen LogP contribution in [-0.4, -0.2) is 51.6 Å². The minimum atomic E-state index is -4.92. The number of carbonyl (C=O) groups excluding carboxylic acids is 1. The van der Waals surface area contributed by atoms with E-state index in [1.165, 1.54) is 0 Å². The summed E-state index contributed by atoms with van der Waals surface area (Å²) >= 11 is 1.68. The molecule has 1 aliphatic heterocycles. The van der Waals surface area contributed by atoms with E-state index in [0.717, 1.165) is 16.4 Å². The van der Waals surface area contributed by atoms with E-state index >= 15 is 0 Å². The lowest BCUT2D eigenvalue weighted by atomic mass is 9.88. The highest BCUT2D eigenvalue weighted by atomic mass is 32.2. The Morgan fingerprint density at radius 1 is 1.16 bits per heavy atom. The second kappa shape index (κ2) is 8.18. The molecule has 1 saturated carbocycles. The highest BCUT2D eigenvalue weighted by molar-refractivity contribution is 7.99. The molecule has 3 atom stereocenters. The Bertz CT molecular complexity index is 492. The first kappa shape index (κ1) is 20.4. The van der Waals surface area contributed by atoms with Gasteiger partial charge in [-0.1, -0.05) is 13.8 Å². The summed E-state index contributed by atoms with van der Waals surface area (Å²) < 4.78 is 39.5. The van der Waals surface area contributed by atoms with Gasteiger partial charge in [-0.3, -0.25) is 9.59 Å². The van der Waals surface area contributed by atoms with Gasteiger partial charge in [0, 0.05) is 12.1 Å². The normalized spacial score (nSPS) is 28.3. The first-order valence-electron chi connectivity index (χ1n) is 8.81. The van der Waals surface area contributed by atoms with Gasteiger partial charge in [0.05, 0.1) is 5.92 Å². The Kier molecular flexibility index (Phi) is 6.68. The summed E-state index contributed by atoms with van der Waals surface area (Å²) in [6.07, 6.45) is -2.72. The molecule has 0 radical (unpaired) electrons. The molecule has 0 aromatic heterocycles. The molecule has 2 fully saturated rings. The predicted molar refractivity (Wildman–Crippen MR) is 90.3 cm³/mol. The molecule has 0 bridgehead atoms. The van der Waals surface area contributed by atoms with Crippen LogP contribution in [0.3, 0.4) is 0 Å². The zero-order valence-corrected chi connectivity index (χ0v) is 15.4. The van der Waals surface area contributed by atoms with Crippen LogP contribution in [0.1, 0.15) is 46.0 Å². The van der Waals surface area contributed by atoms with Gasteiger partial charge in [-0.15, -0.1) is 0 Å². The van der Waals surface area contributed by atoms with Crippen molar-refractivity contribution in [2.24, 2.45) is 17.8 Å². The average molecular weight is 381 g/mol. The molecule has 1 amide bonds. The van der Waals surface area contributed by atoms with Crippen molar-refractivity contribution in [1.29, 1.82) is 0 Å². The molecular weight excluding hydrogens is 355 g/mol. The number of hydrogen-bond acceptors (Lipinski definition) is 3. The van der Waals surface area contributed by atoms with Crippen molar-refractivity contribution in [3.8, 4) is 0 Å². The third-order valence-corrected chi connectivity index (χ3v) is 6.26. The van der Waals surface area contributed by atoms with Crippen molar-refractivity contribution in [2.45, 2.75) is 64.2 Å². The number of hydrogen-bond donors (Lipinski definition) is 1. The zero-order chi connectivity index (χ0) is 18.8. The average Bonchev–Trinajstić information content (AvgIpc) is 2.90. The Morgan fingerprint density at radius 2 is 1.76 bits per heavy atom. The summed E-state index contributed by atoms with van der Waals surface area (Å²) in [4.78, 5) is 24.7. The van der Waals surface area contributed by atoms with Gasteiger partial charge in [-0.05, 0) is 55.4 Å². The molecule has 1 N–H and O–H groups in total. The molecule has 0 aromatic carbocycles. The van der Waals surface area contributed by atoms with Crippen molar-refractivity contribution in [2.75, 3.05) is 11.5 Å². The Labute approximate surface area is 150 Å². The number of carboxylic acid groups (broad SMARTS) is 1. The van der Waals surface area contributed by atoms with E-state index in [-0.39, 0.29) is 18.3 Å². The van der Waals surface area contributed by atoms with Crippen LogP contribution < -0.4 is 0 Å². The number of alkyl halides is 3. The SMILES string of the molecule is CC(C)CC1CC(N(C(=O)C(F)(F)F)C2CCSCC2)C[C@H]1C(=O)O. The molecule has 25 heavy (non-hydrogen) atoms. The van der Waals surface area contributed by atoms with E-state index in [4.69, 9.17) is 0 Å². The molecule has 1 heterocycles. The number of carboxylic acids is 1. The fraction of sp³-hybridized carbons (Fsp3) is 0.882. The molecule has 1 aliphatic carbocycles. The Hall–Kier alpha value is -0.920. The smallest absolute Gasteiger partial charge is 0.471 e. The van der Waals surface area contributed by atoms with Crippen LogP contribution in [0.5, 0.6) is 0 Å². The molecular formula is C17H26F3NO3S. The lowest BCUT2D eigenvalue weighted by molar-refractivity contribution is -0.190. The topological polar surface area (TPSA) is 57.6 Å². The largest absolute Gasteiger partial charge is 0.481 e. The van der Waals surface area contributed by atoms with Gasteiger partial charge in [-0.2, -0.15) is 24.9 Å². The lowest BCUT2D eigenvalue weighted by Gasteiger charge is -2.39. The molecule has 8 heteroatoms. The van der Waals surface area contributed by atoms with Gasteiger partial charge in [0.15, 0.2) is 0 Å². The second-order valence-electron chi connectivity index (χ2n) is 7.51. The van der Waals surface area contributed by atoms with Crippen LogP contribution in [0, 0.1) is 17.8 Å². The maximum Gasteiger partial charge on any atom is 0.471 e. The number of thioether (sulfide) groups is 1. The van der Waals surface area contributed by atoms with Gasteiger partial charge < -0.3 is 10.0 Å². The first-order chi connectivity index (χ1) is 11.6. The van der Waals surface area contributed by atoms with Gasteiger partial charge in [-0.25, -0.2) is 0 Å². The number of amides is 1. The lowest BCUT2D eigenvalue weighted by Crippen LogP contribution is -2.52. The fourth-order valence-electron chi connectivity index (χ4n) is 4.23. The minimum Gasteiger partial charge on any atom is -0.481 e. The van der Waals surface area contributed by atoms with E-state index in [1.54, 1.807) is 11.8 Å². The molecule has 0 aromatic rings. The van der Waals surface area contributed by atoms with Crippen LogP contribution in [-0.2, 0) is 9.59 Å². The van der Waals surface area contributed by atoms with Crippen molar-refractivity contribution < 1.29 is 27.9 Å². The molecule has 2 aliphatic rings. The molecule has 4 nitrogen and oxygen atoms in total. The number of rotatable bonds is 5. The monoisotopic (exact) mass is 381 g/mol. The molecule has 0 spiro atoms. The van der Waals surface area contributed by atoms with Gasteiger partial charge in [0.25, 0.3) is 0 Å². The maximum atomic E-state index is 13.2. The summed E-state index contributed by atoms with van der Waals surface area (Å²) in [6, 6.07) is -1.07. The van der Waals surface area contributed by atoms with Crippen LogP contribution in [0.2, 0.25) is 0 Å². The van der Waals surface area contributed by atoms with E-state index in [1.807, 2.05) is 13.8 Å². The summed E-state index contributed by atoms with van der Waals surface area (Å²) in [7, 11) is 0. The second-order valence-corrected chi connectivity index (χ2v) is 8.74. The first-order valence-corrected chi connectivity index (χ1v) is 9.96. The van der Waals surface area contributed by atoms with Crippen molar-refractivity contribution in [1.82, 2.24) is 4.90 Å². The van der Waals surface area contributed by atoms with E-state index in [2.05, 4.69) is 0 Å². The van der Waals surface area contributed by atoms with Crippen LogP contribution >= 0.6 is 11.8 Å². The summed E-state index contributed by atoms with van der Waals surface area (Å²) in [5.74, 6) is -1.88. The quantitative estimate of drug-likeness (QED) is 0.787. The van der Waals surface area contributed by atoms with E-state index in [9.17, 15) is 27.9 Å². The Balaban J connectivity index is 2.24. The van der Waals surface area contributed by atoms with Crippen molar-refractivity contribution >= 4 is 23.6 Å². The molecule has 2 unspecified atom stereocenters. The molecule has 144 valence electrons. The van der Waals surface area contributed by atoms with E-state index in [0.29, 0.717) is 25.7 Å². The van der Waals surface area contributed by atoms with Crippen LogP contribution in [0.25, 0.3) is 0 Å². The number of carbonyl (C=O) groups is 2. The van der Waals surface area contributed by atoms with Gasteiger partial charge in [0.1, 0.15) is 0 Å².